The predicted molar refractivity (Wildman–Crippen MR) is 59.9 cm³/mol. The third-order valence-corrected chi connectivity index (χ3v) is 9.07. The van der Waals surface area contributed by atoms with Crippen LogP contribution in [0.1, 0.15) is 26.7 Å². The number of halogens is 1. The summed E-state index contributed by atoms with van der Waals surface area (Å²) in [6.07, 6.45) is 4.70. The fourth-order valence-electron chi connectivity index (χ4n) is 1.48. The maximum absolute atomic E-state index is 3.93. The van der Waals surface area contributed by atoms with Crippen LogP contribution in [0.5, 0.6) is 0 Å². The molecule has 0 nitrogen and oxygen atoms in total. The molecule has 0 aromatic carbocycles. The lowest BCUT2D eigenvalue weighted by Gasteiger charge is -2.21. The molecule has 0 aromatic heterocycles. The van der Waals surface area contributed by atoms with E-state index in [1.165, 1.54) is 31.0 Å². The van der Waals surface area contributed by atoms with E-state index in [4.69, 9.17) is 0 Å². The molecule has 66 valence electrons. The van der Waals surface area contributed by atoms with Crippen LogP contribution >= 0.6 is 15.3 Å². The molecule has 0 aliphatic carbocycles. The number of rotatable bonds is 6. The van der Waals surface area contributed by atoms with Gasteiger partial charge in [0.25, 0.3) is 0 Å². The Morgan fingerprint density at radius 1 is 1.27 bits per heavy atom. The van der Waals surface area contributed by atoms with E-state index < -0.39 is 6.69 Å². The van der Waals surface area contributed by atoms with E-state index in [1.54, 1.807) is 0 Å². The molecule has 2 heteroatoms. The second kappa shape index (κ2) is 6.01. The summed E-state index contributed by atoms with van der Waals surface area (Å²) in [6.45, 7) is 7.29. The van der Waals surface area contributed by atoms with Gasteiger partial charge in [0.05, 0.1) is 0 Å². The summed E-state index contributed by atoms with van der Waals surface area (Å²) in [5, 5.41) is 0. The van der Waals surface area contributed by atoms with Gasteiger partial charge in [-0.25, -0.2) is 0 Å². The molecule has 0 N–H and O–H groups in total. The predicted octanol–water partition coefficient (Wildman–Crippen LogP) is 4.33. The van der Waals surface area contributed by atoms with Crippen molar-refractivity contribution in [1.82, 2.24) is 0 Å². The van der Waals surface area contributed by atoms with Gasteiger partial charge in [0, 0.05) is 0 Å². The number of hydrogen-bond donors (Lipinski definition) is 0. The Kier molecular flexibility index (Phi) is 6.25. The minimum atomic E-state index is -1.05. The first-order chi connectivity index (χ1) is 5.18. The molecule has 0 unspecified atom stereocenters. The summed E-state index contributed by atoms with van der Waals surface area (Å²) in [7, 11) is 0. The van der Waals surface area contributed by atoms with Crippen molar-refractivity contribution in [3.63, 3.8) is 0 Å². The number of hydrogen-bond acceptors (Lipinski definition) is 0. The van der Waals surface area contributed by atoms with Gasteiger partial charge < -0.3 is 0 Å². The average Bonchev–Trinajstić information content (AvgIpc) is 1.88. The highest BCUT2D eigenvalue weighted by Gasteiger charge is 2.25. The van der Waals surface area contributed by atoms with Crippen LogP contribution in [-0.4, -0.2) is 6.69 Å². The Labute approximate surface area is 79.7 Å². The molecule has 11 heavy (non-hydrogen) atoms. The van der Waals surface area contributed by atoms with Crippen LogP contribution in [-0.2, 0) is 0 Å². The topological polar surface area (TPSA) is 0 Å². The summed E-state index contributed by atoms with van der Waals surface area (Å²) in [5.41, 5.74) is 0. The molecule has 0 saturated carbocycles. The second-order valence-corrected chi connectivity index (χ2v) is 11.9. The highest BCUT2D eigenvalue weighted by Crippen LogP contribution is 2.30. The molecule has 0 bridgehead atoms. The zero-order valence-electron chi connectivity index (χ0n) is 7.70. The van der Waals surface area contributed by atoms with Crippen molar-refractivity contribution in [3.05, 3.63) is 12.7 Å². The van der Waals surface area contributed by atoms with Gasteiger partial charge in [-0.3, -0.25) is 0 Å². The van der Waals surface area contributed by atoms with Crippen LogP contribution in [0, 0.1) is 0 Å². The quantitative estimate of drug-likeness (QED) is 0.365. The molecule has 0 saturated heterocycles. The van der Waals surface area contributed by atoms with Gasteiger partial charge in [-0.15, -0.1) is 21.9 Å². The van der Waals surface area contributed by atoms with Crippen LogP contribution in [0.2, 0.25) is 18.1 Å². The molecular weight excluding hydrogens is 216 g/mol. The Hall–Kier alpha value is 0.437. The average molecular weight is 235 g/mol. The third-order valence-electron chi connectivity index (χ3n) is 1.91. The summed E-state index contributed by atoms with van der Waals surface area (Å²) < 4.78 is 0. The van der Waals surface area contributed by atoms with Gasteiger partial charge in [-0.1, -0.05) is 32.8 Å². The van der Waals surface area contributed by atoms with Crippen LogP contribution in [0.3, 0.4) is 0 Å². The fraction of sp³-hybridized carbons (Fsp3) is 0.778. The molecule has 0 radical (unpaired) electrons. The molecular formula is C9H19BrSi. The number of allylic oxidation sites excluding steroid dienone is 1. The molecule has 0 fully saturated rings. The van der Waals surface area contributed by atoms with E-state index in [9.17, 15) is 0 Å². The molecule has 0 rings (SSSR count). The molecule has 0 spiro atoms. The van der Waals surface area contributed by atoms with E-state index in [2.05, 4.69) is 41.8 Å². The first-order valence-electron chi connectivity index (χ1n) is 4.48. The lowest BCUT2D eigenvalue weighted by atomic mass is 10.6. The first-order valence-corrected chi connectivity index (χ1v) is 9.36. The summed E-state index contributed by atoms with van der Waals surface area (Å²) in [5.74, 6) is 0. The van der Waals surface area contributed by atoms with E-state index >= 15 is 0 Å². The normalized spacial score (nSPS) is 11.5. The summed E-state index contributed by atoms with van der Waals surface area (Å²) in [4.78, 5) is 0. The monoisotopic (exact) mass is 234 g/mol. The maximum atomic E-state index is 3.93. The van der Waals surface area contributed by atoms with Crippen LogP contribution in [0.15, 0.2) is 12.7 Å². The maximum Gasteiger partial charge on any atom is 0.134 e. The van der Waals surface area contributed by atoms with E-state index in [0.717, 1.165) is 0 Å². The largest absolute Gasteiger partial charge is 0.134 e. The van der Waals surface area contributed by atoms with Crippen molar-refractivity contribution in [2.24, 2.45) is 0 Å². The molecule has 0 aliphatic heterocycles. The third kappa shape index (κ3) is 4.80. The van der Waals surface area contributed by atoms with E-state index in [1.807, 2.05) is 0 Å². The minimum absolute atomic E-state index is 1.05. The van der Waals surface area contributed by atoms with Crippen molar-refractivity contribution in [2.75, 3.05) is 0 Å². The van der Waals surface area contributed by atoms with E-state index in [-0.39, 0.29) is 0 Å². The molecule has 0 aliphatic rings. The molecule has 0 heterocycles. The highest BCUT2D eigenvalue weighted by molar-refractivity contribution is 9.26. The standard InChI is InChI=1S/C9H19BrSi/c1-4-7-11(10,8-5-2)9-6-3/h4H,1,5-9H2,2-3H3. The second-order valence-electron chi connectivity index (χ2n) is 3.14. The SMILES string of the molecule is C=CC[Si](Br)(CCC)CCC. The van der Waals surface area contributed by atoms with Crippen molar-refractivity contribution in [3.8, 4) is 0 Å². The smallest absolute Gasteiger partial charge is 0.126 e. The van der Waals surface area contributed by atoms with Gasteiger partial charge in [-0.05, 0) is 18.1 Å². The fourth-order valence-corrected chi connectivity index (χ4v) is 7.52. The Bertz CT molecular complexity index is 106. The first kappa shape index (κ1) is 11.4. The minimum Gasteiger partial charge on any atom is -0.126 e. The van der Waals surface area contributed by atoms with Gasteiger partial charge in [0.1, 0.15) is 6.69 Å². The van der Waals surface area contributed by atoms with Crippen LogP contribution in [0.25, 0.3) is 0 Å². The Morgan fingerprint density at radius 2 is 1.73 bits per heavy atom. The van der Waals surface area contributed by atoms with Crippen LogP contribution in [0.4, 0.5) is 0 Å². The van der Waals surface area contributed by atoms with Gasteiger partial charge in [0.2, 0.25) is 0 Å². The summed E-state index contributed by atoms with van der Waals surface area (Å²) >= 11 is 3.93. The van der Waals surface area contributed by atoms with Gasteiger partial charge in [0.15, 0.2) is 0 Å². The lowest BCUT2D eigenvalue weighted by molar-refractivity contribution is 0.994. The summed E-state index contributed by atoms with van der Waals surface area (Å²) in [6, 6.07) is 4.02. The molecule has 0 aromatic rings. The molecule has 0 atom stereocenters. The highest BCUT2D eigenvalue weighted by atomic mass is 79.9. The Balaban J connectivity index is 3.88. The van der Waals surface area contributed by atoms with E-state index in [0.29, 0.717) is 0 Å². The van der Waals surface area contributed by atoms with Crippen molar-refractivity contribution < 1.29 is 0 Å². The van der Waals surface area contributed by atoms with Crippen molar-refractivity contribution >= 4 is 22.0 Å². The zero-order valence-corrected chi connectivity index (χ0v) is 10.3. The van der Waals surface area contributed by atoms with Crippen molar-refractivity contribution in [1.29, 1.82) is 0 Å². The van der Waals surface area contributed by atoms with Gasteiger partial charge in [-0.2, -0.15) is 0 Å². The lowest BCUT2D eigenvalue weighted by Crippen LogP contribution is -2.24. The van der Waals surface area contributed by atoms with Crippen molar-refractivity contribution in [2.45, 2.75) is 44.8 Å². The molecule has 0 amide bonds. The van der Waals surface area contributed by atoms with Gasteiger partial charge >= 0.3 is 0 Å². The van der Waals surface area contributed by atoms with Crippen LogP contribution < -0.4 is 0 Å². The Morgan fingerprint density at radius 3 is 2.00 bits per heavy atom. The zero-order chi connectivity index (χ0) is 8.74.